The van der Waals surface area contributed by atoms with Crippen LogP contribution in [-0.4, -0.2) is 89.4 Å². The van der Waals surface area contributed by atoms with Crippen molar-refractivity contribution in [2.24, 2.45) is 0 Å². The standard InChI is InChI=1S/C35H38N4O6S/c40-25-4-10-29-31(22-46-32(29)20-25)45-27-7-5-26(6-8-27)44-18-2-1-13-37-14-16-38(17-15-37)24-3-9-28-23(19-24)21-39(35(28)43)30-11-12-33(41)36-34(30)42/h4-8,10,19-20,22,30,40H,1-3,9,11-18,21H2,(H,36,41,42). The van der Waals surface area contributed by atoms with Crippen LogP contribution in [0.5, 0.6) is 23.0 Å². The molecule has 1 unspecified atom stereocenters. The predicted molar refractivity (Wildman–Crippen MR) is 175 cm³/mol. The summed E-state index contributed by atoms with van der Waals surface area (Å²) in [7, 11) is 0. The lowest BCUT2D eigenvalue weighted by molar-refractivity contribution is -0.142. The van der Waals surface area contributed by atoms with Gasteiger partial charge in [0.05, 0.1) is 6.61 Å². The molecule has 3 aromatic rings. The topological polar surface area (TPSA) is 112 Å². The zero-order chi connectivity index (χ0) is 31.6. The van der Waals surface area contributed by atoms with Crippen LogP contribution in [0, 0.1) is 0 Å². The first-order chi connectivity index (χ1) is 22.4. The molecule has 4 heterocycles. The summed E-state index contributed by atoms with van der Waals surface area (Å²) in [6, 6.07) is 12.4. The number of nitrogens with one attached hydrogen (secondary N) is 1. The van der Waals surface area contributed by atoms with E-state index in [4.69, 9.17) is 9.47 Å². The molecule has 2 aromatic carbocycles. The van der Waals surface area contributed by atoms with Gasteiger partial charge < -0.3 is 24.4 Å². The molecule has 0 saturated carbocycles. The number of amides is 3. The van der Waals surface area contributed by atoms with E-state index in [0.29, 0.717) is 26.0 Å². The number of allylic oxidation sites excluding steroid dienone is 1. The largest absolute Gasteiger partial charge is 0.508 e. The highest BCUT2D eigenvalue weighted by atomic mass is 32.1. The molecule has 4 aliphatic rings. The zero-order valence-electron chi connectivity index (χ0n) is 25.7. The molecule has 1 atom stereocenters. The Morgan fingerprint density at radius 3 is 2.54 bits per heavy atom. The summed E-state index contributed by atoms with van der Waals surface area (Å²) in [6.07, 6.45) is 6.44. The number of phenols is 1. The van der Waals surface area contributed by atoms with Gasteiger partial charge in [-0.2, -0.15) is 0 Å². The average molecular weight is 643 g/mol. The first-order valence-corrected chi connectivity index (χ1v) is 16.9. The van der Waals surface area contributed by atoms with Crippen LogP contribution in [0.1, 0.15) is 38.5 Å². The van der Waals surface area contributed by atoms with Crippen molar-refractivity contribution in [1.82, 2.24) is 20.0 Å². The van der Waals surface area contributed by atoms with E-state index in [1.807, 2.05) is 35.7 Å². The number of imide groups is 1. The third-order valence-corrected chi connectivity index (χ3v) is 10.2. The van der Waals surface area contributed by atoms with E-state index in [-0.39, 0.29) is 29.9 Å². The Kier molecular flexibility index (Phi) is 8.68. The number of phenolic OH excluding ortho intramolecular Hbond substituents is 1. The Bertz CT molecular complexity index is 1710. The van der Waals surface area contributed by atoms with Crippen molar-refractivity contribution in [3.05, 3.63) is 70.8 Å². The van der Waals surface area contributed by atoms with Crippen molar-refractivity contribution >= 4 is 39.1 Å². The van der Waals surface area contributed by atoms with Gasteiger partial charge in [-0.15, -0.1) is 11.3 Å². The van der Waals surface area contributed by atoms with E-state index in [1.54, 1.807) is 28.4 Å². The van der Waals surface area contributed by atoms with Crippen LogP contribution in [0.15, 0.2) is 70.8 Å². The Morgan fingerprint density at radius 2 is 1.74 bits per heavy atom. The number of piperazine rings is 1. The van der Waals surface area contributed by atoms with Crippen molar-refractivity contribution < 1.29 is 29.0 Å². The van der Waals surface area contributed by atoms with E-state index < -0.39 is 6.04 Å². The maximum Gasteiger partial charge on any atom is 0.251 e. The number of aromatic hydroxyl groups is 1. The summed E-state index contributed by atoms with van der Waals surface area (Å²) < 4.78 is 13.0. The quantitative estimate of drug-likeness (QED) is 0.240. The van der Waals surface area contributed by atoms with Crippen LogP contribution >= 0.6 is 11.3 Å². The number of benzene rings is 2. The summed E-state index contributed by atoms with van der Waals surface area (Å²) in [5, 5.41) is 15.0. The van der Waals surface area contributed by atoms with Crippen LogP contribution in [-0.2, 0) is 14.4 Å². The van der Waals surface area contributed by atoms with Crippen molar-refractivity contribution in [3.63, 3.8) is 0 Å². The van der Waals surface area contributed by atoms with Crippen molar-refractivity contribution in [2.45, 2.75) is 44.6 Å². The van der Waals surface area contributed by atoms with Gasteiger partial charge in [-0.3, -0.25) is 24.6 Å². The third-order valence-electron chi connectivity index (χ3n) is 9.30. The van der Waals surface area contributed by atoms with Crippen molar-refractivity contribution in [3.8, 4) is 23.0 Å². The SMILES string of the molecule is O=C1CCC(N2CC3=C(CCC(N4CCN(CCCCOc5ccc(Oc6csc7cc(O)ccc67)cc5)CC4)=C3)C2=O)C(=O)N1. The fourth-order valence-electron chi connectivity index (χ4n) is 6.76. The fraction of sp³-hybridized carbons (Fsp3) is 0.400. The van der Waals surface area contributed by atoms with Gasteiger partial charge >= 0.3 is 0 Å². The maximum atomic E-state index is 13.1. The Morgan fingerprint density at radius 1 is 0.935 bits per heavy atom. The molecule has 3 aliphatic heterocycles. The smallest absolute Gasteiger partial charge is 0.251 e. The number of ether oxygens (including phenoxy) is 2. The number of hydrogen-bond acceptors (Lipinski definition) is 9. The molecule has 1 aliphatic carbocycles. The maximum absolute atomic E-state index is 13.1. The second kappa shape index (κ2) is 13.2. The second-order valence-electron chi connectivity index (χ2n) is 12.3. The number of carbonyl (C=O) groups is 3. The van der Waals surface area contributed by atoms with E-state index in [9.17, 15) is 19.5 Å². The minimum atomic E-state index is -0.558. The lowest BCUT2D eigenvalue weighted by atomic mass is 9.96. The van der Waals surface area contributed by atoms with Crippen LogP contribution in [0.3, 0.4) is 0 Å². The summed E-state index contributed by atoms with van der Waals surface area (Å²) in [5.74, 6) is 1.93. The van der Waals surface area contributed by atoms with Crippen LogP contribution in [0.4, 0.5) is 0 Å². The van der Waals surface area contributed by atoms with Gasteiger partial charge in [-0.1, -0.05) is 0 Å². The third kappa shape index (κ3) is 6.47. The van der Waals surface area contributed by atoms with Gasteiger partial charge in [0.2, 0.25) is 11.8 Å². The minimum absolute atomic E-state index is 0.0503. The number of piperidine rings is 1. The van der Waals surface area contributed by atoms with Crippen LogP contribution < -0.4 is 14.8 Å². The van der Waals surface area contributed by atoms with E-state index in [0.717, 1.165) is 90.5 Å². The molecule has 7 rings (SSSR count). The van der Waals surface area contributed by atoms with Gasteiger partial charge in [0.1, 0.15) is 29.0 Å². The number of fused-ring (bicyclic) bond motifs is 1. The first-order valence-electron chi connectivity index (χ1n) is 16.1. The number of thiophene rings is 1. The molecule has 46 heavy (non-hydrogen) atoms. The monoisotopic (exact) mass is 642 g/mol. The van der Waals surface area contributed by atoms with Gasteiger partial charge in [-0.25, -0.2) is 0 Å². The number of unbranched alkanes of at least 4 members (excludes halogenated alkanes) is 1. The highest BCUT2D eigenvalue weighted by Gasteiger charge is 2.41. The molecule has 2 fully saturated rings. The molecule has 2 saturated heterocycles. The average Bonchev–Trinajstić information content (AvgIpc) is 3.61. The molecule has 0 spiro atoms. The van der Waals surface area contributed by atoms with Crippen LogP contribution in [0.25, 0.3) is 10.1 Å². The molecule has 240 valence electrons. The number of carbonyl (C=O) groups excluding carboxylic acids is 3. The molecule has 0 bridgehead atoms. The van der Waals surface area contributed by atoms with E-state index >= 15 is 0 Å². The Labute approximate surface area is 271 Å². The lowest BCUT2D eigenvalue weighted by Gasteiger charge is -2.38. The van der Waals surface area contributed by atoms with Crippen LogP contribution in [0.2, 0.25) is 0 Å². The lowest BCUT2D eigenvalue weighted by Crippen LogP contribution is -2.53. The van der Waals surface area contributed by atoms with Gasteiger partial charge in [-0.05, 0) is 92.8 Å². The highest BCUT2D eigenvalue weighted by Crippen LogP contribution is 2.37. The van der Waals surface area contributed by atoms with Gasteiger partial charge in [0, 0.05) is 65.9 Å². The molecule has 11 heteroatoms. The molecule has 0 radical (unpaired) electrons. The Hall–Kier alpha value is -4.35. The summed E-state index contributed by atoms with van der Waals surface area (Å²) >= 11 is 1.54. The second-order valence-corrected chi connectivity index (χ2v) is 13.2. The van der Waals surface area contributed by atoms with Crippen molar-refractivity contribution in [2.75, 3.05) is 45.9 Å². The summed E-state index contributed by atoms with van der Waals surface area (Å²) in [5.41, 5.74) is 3.14. The molecule has 2 N–H and O–H groups in total. The molecule has 3 amide bonds. The number of rotatable bonds is 10. The van der Waals surface area contributed by atoms with Crippen molar-refractivity contribution in [1.29, 1.82) is 0 Å². The van der Waals surface area contributed by atoms with E-state index in [2.05, 4.69) is 21.2 Å². The molecule has 1 aromatic heterocycles. The van der Waals surface area contributed by atoms with Gasteiger partial charge in [0.15, 0.2) is 0 Å². The van der Waals surface area contributed by atoms with Gasteiger partial charge in [0.25, 0.3) is 5.91 Å². The summed E-state index contributed by atoms with van der Waals surface area (Å²) in [4.78, 5) is 43.6. The minimum Gasteiger partial charge on any atom is -0.508 e. The first kappa shape index (κ1) is 30.3. The molecule has 10 nitrogen and oxygen atoms in total. The molecular weight excluding hydrogens is 604 g/mol. The number of hydrogen-bond donors (Lipinski definition) is 2. The molecular formula is C35H38N4O6S. The van der Waals surface area contributed by atoms with E-state index in [1.165, 1.54) is 5.70 Å². The highest BCUT2D eigenvalue weighted by molar-refractivity contribution is 7.17. The fourth-order valence-corrected chi connectivity index (χ4v) is 7.65. The summed E-state index contributed by atoms with van der Waals surface area (Å²) in [6.45, 7) is 6.10. The zero-order valence-corrected chi connectivity index (χ0v) is 26.5. The Balaban J connectivity index is 0.814. The normalized spacial score (nSPS) is 20.7. The predicted octanol–water partition coefficient (Wildman–Crippen LogP) is 4.80. The number of nitrogens with zero attached hydrogens (tertiary/aromatic N) is 3.